The van der Waals surface area contributed by atoms with Gasteiger partial charge in [0.1, 0.15) is 36.4 Å². The number of nitrogens with zero attached hydrogens (tertiary/aromatic N) is 1. The fourth-order valence-electron chi connectivity index (χ4n) is 3.41. The van der Waals surface area contributed by atoms with Gasteiger partial charge in [-0.25, -0.2) is 0 Å². The zero-order valence-electron chi connectivity index (χ0n) is 19.7. The number of nitriles is 1. The number of ether oxygens (including phenoxy) is 2. The van der Waals surface area contributed by atoms with Crippen molar-refractivity contribution in [2.24, 2.45) is 0 Å². The highest BCUT2D eigenvalue weighted by Crippen LogP contribution is 2.28. The van der Waals surface area contributed by atoms with Crippen LogP contribution < -0.4 is 14.8 Å². The molecule has 0 saturated heterocycles. The maximum absolute atomic E-state index is 12.9. The number of nitrogens with one attached hydrogen (secondary N) is 1. The summed E-state index contributed by atoms with van der Waals surface area (Å²) in [6, 6.07) is 31.6. The van der Waals surface area contributed by atoms with Crippen molar-refractivity contribution in [3.8, 4) is 17.6 Å². The number of hydrogen-bond donors (Lipinski definition) is 1. The van der Waals surface area contributed by atoms with Crippen molar-refractivity contribution in [3.05, 3.63) is 129 Å². The number of halogens is 2. The number of carbonyl (C=O) groups excluding carboxylic acids is 1. The number of anilines is 1. The minimum atomic E-state index is -0.530. The van der Waals surface area contributed by atoms with Gasteiger partial charge in [-0.2, -0.15) is 5.26 Å². The summed E-state index contributed by atoms with van der Waals surface area (Å²) < 4.78 is 12.5. The van der Waals surface area contributed by atoms with Gasteiger partial charge in [0.05, 0.1) is 0 Å². The van der Waals surface area contributed by atoms with Crippen LogP contribution in [-0.4, -0.2) is 5.91 Å². The van der Waals surface area contributed by atoms with Crippen LogP contribution in [0.3, 0.4) is 0 Å². The van der Waals surface area contributed by atoms with Crippen LogP contribution in [0.5, 0.6) is 11.5 Å². The molecule has 1 N–H and O–H groups in total. The predicted molar refractivity (Wildman–Crippen MR) is 149 cm³/mol. The summed E-state index contributed by atoms with van der Waals surface area (Å²) in [7, 11) is 0. The average molecular weight is 574 g/mol. The number of amides is 1. The second kappa shape index (κ2) is 12.8. The van der Waals surface area contributed by atoms with Gasteiger partial charge in [0, 0.05) is 26.3 Å². The van der Waals surface area contributed by atoms with Crippen LogP contribution in [-0.2, 0) is 18.0 Å². The fraction of sp³-hybridized carbons (Fsp3) is 0.0667. The van der Waals surface area contributed by atoms with E-state index < -0.39 is 5.91 Å². The second-order valence-electron chi connectivity index (χ2n) is 7.98. The predicted octanol–water partition coefficient (Wildman–Crippen LogP) is 7.81. The SMILES string of the molecule is N#C/C(=C\c1cc(Br)ccc1OCc1ccccc1Cl)C(=O)Nc1ccc(OCc2ccccc2)cc1. The molecule has 5 nitrogen and oxygen atoms in total. The maximum atomic E-state index is 12.9. The van der Waals surface area contributed by atoms with E-state index in [9.17, 15) is 10.1 Å². The Bertz CT molecular complexity index is 1450. The van der Waals surface area contributed by atoms with Crippen LogP contribution in [0.4, 0.5) is 5.69 Å². The van der Waals surface area contributed by atoms with Gasteiger partial charge in [-0.05, 0) is 60.2 Å². The van der Waals surface area contributed by atoms with Crippen molar-refractivity contribution in [1.82, 2.24) is 0 Å². The van der Waals surface area contributed by atoms with Gasteiger partial charge in [0.25, 0.3) is 5.91 Å². The smallest absolute Gasteiger partial charge is 0.266 e. The molecule has 4 aromatic rings. The lowest BCUT2D eigenvalue weighted by molar-refractivity contribution is -0.112. The first kappa shape index (κ1) is 26.0. The lowest BCUT2D eigenvalue weighted by Crippen LogP contribution is -2.13. The van der Waals surface area contributed by atoms with Crippen LogP contribution >= 0.6 is 27.5 Å². The van der Waals surface area contributed by atoms with Gasteiger partial charge in [0.2, 0.25) is 0 Å². The van der Waals surface area contributed by atoms with Crippen molar-refractivity contribution < 1.29 is 14.3 Å². The van der Waals surface area contributed by atoms with Crippen LogP contribution in [0.25, 0.3) is 6.08 Å². The first-order valence-corrected chi connectivity index (χ1v) is 12.5. The van der Waals surface area contributed by atoms with Crippen molar-refractivity contribution in [1.29, 1.82) is 5.26 Å². The van der Waals surface area contributed by atoms with Crippen LogP contribution in [0.2, 0.25) is 5.02 Å². The molecule has 184 valence electrons. The molecule has 0 aromatic heterocycles. The molecule has 7 heteroatoms. The molecule has 0 aliphatic heterocycles. The van der Waals surface area contributed by atoms with Gasteiger partial charge in [-0.1, -0.05) is 76.1 Å². The summed E-state index contributed by atoms with van der Waals surface area (Å²) in [5, 5.41) is 13.1. The number of rotatable bonds is 9. The van der Waals surface area contributed by atoms with E-state index in [1.54, 1.807) is 42.5 Å². The Labute approximate surface area is 229 Å². The van der Waals surface area contributed by atoms with Crippen molar-refractivity contribution in [2.45, 2.75) is 13.2 Å². The molecule has 0 unspecified atom stereocenters. The minimum absolute atomic E-state index is 0.0647. The topological polar surface area (TPSA) is 71.3 Å². The van der Waals surface area contributed by atoms with E-state index in [1.165, 1.54) is 6.08 Å². The summed E-state index contributed by atoms with van der Waals surface area (Å²) in [5.74, 6) is 0.661. The highest BCUT2D eigenvalue weighted by atomic mass is 79.9. The van der Waals surface area contributed by atoms with E-state index >= 15 is 0 Å². The summed E-state index contributed by atoms with van der Waals surface area (Å²) in [4.78, 5) is 12.9. The number of benzene rings is 4. The molecule has 0 fully saturated rings. The molecule has 1 amide bonds. The van der Waals surface area contributed by atoms with Gasteiger partial charge in [-0.3, -0.25) is 4.79 Å². The van der Waals surface area contributed by atoms with E-state index in [-0.39, 0.29) is 12.2 Å². The van der Waals surface area contributed by atoms with Gasteiger partial charge in [0.15, 0.2) is 0 Å². The van der Waals surface area contributed by atoms with Crippen LogP contribution in [0, 0.1) is 11.3 Å². The average Bonchev–Trinajstić information content (AvgIpc) is 2.92. The van der Waals surface area contributed by atoms with Crippen LogP contribution in [0.1, 0.15) is 16.7 Å². The molecule has 0 atom stereocenters. The van der Waals surface area contributed by atoms with E-state index in [2.05, 4.69) is 21.2 Å². The summed E-state index contributed by atoms with van der Waals surface area (Å²) in [6.07, 6.45) is 1.50. The molecule has 4 rings (SSSR count). The quantitative estimate of drug-likeness (QED) is 0.164. The monoisotopic (exact) mass is 572 g/mol. The highest BCUT2D eigenvalue weighted by molar-refractivity contribution is 9.10. The Morgan fingerprint density at radius 1 is 0.919 bits per heavy atom. The normalized spacial score (nSPS) is 10.9. The standard InChI is InChI=1S/C30H22BrClN2O3/c31-25-10-15-29(37-20-22-8-4-5-9-28(22)32)23(17-25)16-24(18-33)30(35)34-26-11-13-27(14-12-26)36-19-21-6-2-1-3-7-21/h1-17H,19-20H2,(H,34,35)/b24-16+. The molecular formula is C30H22BrClN2O3. The fourth-order valence-corrected chi connectivity index (χ4v) is 3.98. The molecule has 37 heavy (non-hydrogen) atoms. The molecule has 4 aromatic carbocycles. The second-order valence-corrected chi connectivity index (χ2v) is 9.31. The molecule has 0 aliphatic rings. The van der Waals surface area contributed by atoms with E-state index in [0.29, 0.717) is 34.4 Å². The Morgan fingerprint density at radius 3 is 2.38 bits per heavy atom. The molecule has 0 saturated carbocycles. The van der Waals surface area contributed by atoms with Gasteiger partial charge in [-0.15, -0.1) is 0 Å². The van der Waals surface area contributed by atoms with Gasteiger partial charge < -0.3 is 14.8 Å². The summed E-state index contributed by atoms with van der Waals surface area (Å²) in [6.45, 7) is 0.691. The molecule has 0 aliphatic carbocycles. The first-order chi connectivity index (χ1) is 18.0. The Morgan fingerprint density at radius 2 is 1.65 bits per heavy atom. The highest BCUT2D eigenvalue weighted by Gasteiger charge is 2.13. The number of hydrogen-bond acceptors (Lipinski definition) is 4. The maximum Gasteiger partial charge on any atom is 0.266 e. The summed E-state index contributed by atoms with van der Waals surface area (Å²) in [5.41, 5.74) is 2.95. The number of carbonyl (C=O) groups is 1. The summed E-state index contributed by atoms with van der Waals surface area (Å²) >= 11 is 9.67. The van der Waals surface area contributed by atoms with Crippen molar-refractivity contribution in [2.75, 3.05) is 5.32 Å². The Balaban J connectivity index is 1.44. The third-order valence-corrected chi connectivity index (χ3v) is 6.20. The van der Waals surface area contributed by atoms with Crippen molar-refractivity contribution in [3.63, 3.8) is 0 Å². The molecule has 0 radical (unpaired) electrons. The lowest BCUT2D eigenvalue weighted by Gasteiger charge is -2.12. The molecule has 0 bridgehead atoms. The van der Waals surface area contributed by atoms with E-state index in [1.807, 2.05) is 60.7 Å². The van der Waals surface area contributed by atoms with E-state index in [0.717, 1.165) is 15.6 Å². The lowest BCUT2D eigenvalue weighted by atomic mass is 10.1. The van der Waals surface area contributed by atoms with Gasteiger partial charge >= 0.3 is 0 Å². The van der Waals surface area contributed by atoms with Crippen LogP contribution in [0.15, 0.2) is 107 Å². The Hall–Kier alpha value is -4.05. The molecule has 0 spiro atoms. The zero-order valence-corrected chi connectivity index (χ0v) is 22.0. The molecular weight excluding hydrogens is 552 g/mol. The third kappa shape index (κ3) is 7.47. The molecule has 0 heterocycles. The third-order valence-electron chi connectivity index (χ3n) is 5.34. The minimum Gasteiger partial charge on any atom is -0.489 e. The van der Waals surface area contributed by atoms with Crippen molar-refractivity contribution >= 4 is 45.2 Å². The zero-order chi connectivity index (χ0) is 26.0. The van der Waals surface area contributed by atoms with E-state index in [4.69, 9.17) is 21.1 Å². The first-order valence-electron chi connectivity index (χ1n) is 11.4. The largest absolute Gasteiger partial charge is 0.489 e. The Kier molecular flexibility index (Phi) is 8.98.